The third kappa shape index (κ3) is 8.92. The van der Waals surface area contributed by atoms with Crippen LogP contribution in [0.3, 0.4) is 0 Å². The lowest BCUT2D eigenvalue weighted by atomic mass is 10.0. The molecular weight excluding hydrogens is 593 g/mol. The van der Waals surface area contributed by atoms with Crippen LogP contribution in [0, 0.1) is 0 Å². The summed E-state index contributed by atoms with van der Waals surface area (Å²) in [5.41, 5.74) is 8.74. The molecule has 9 nitrogen and oxygen atoms in total. The molecule has 2 amide bonds. The maximum Gasteiger partial charge on any atom is 0.305 e. The van der Waals surface area contributed by atoms with Crippen LogP contribution in [0.25, 0.3) is 11.3 Å². The average Bonchev–Trinajstić information content (AvgIpc) is 3.40. The number of carbonyl (C=O) groups excluding carboxylic acids is 2. The highest BCUT2D eigenvalue weighted by Gasteiger charge is 2.21. The smallest absolute Gasteiger partial charge is 0.305 e. The number of benzene rings is 2. The van der Waals surface area contributed by atoms with Crippen molar-refractivity contribution in [1.29, 1.82) is 0 Å². The van der Waals surface area contributed by atoms with Crippen LogP contribution in [0.4, 0.5) is 5.69 Å². The summed E-state index contributed by atoms with van der Waals surface area (Å²) in [7, 11) is 0. The monoisotopic (exact) mass is 621 g/mol. The Morgan fingerprint density at radius 2 is 1.93 bits per heavy atom. The molecule has 5 N–H and O–H groups in total. The molecule has 0 radical (unpaired) electrons. The van der Waals surface area contributed by atoms with Crippen molar-refractivity contribution < 1.29 is 19.5 Å². The van der Waals surface area contributed by atoms with E-state index < -0.39 is 24.3 Å². The number of hydrogen-bond donors (Lipinski definition) is 4. The lowest BCUT2D eigenvalue weighted by Crippen LogP contribution is -2.44. The number of nitrogens with one attached hydrogen (secondary N) is 2. The zero-order chi connectivity index (χ0) is 28.6. The number of piperidine rings is 1. The second kappa shape index (κ2) is 14.3. The molecule has 2 heterocycles. The molecule has 40 heavy (non-hydrogen) atoms. The zero-order valence-electron chi connectivity index (χ0n) is 21.4. The summed E-state index contributed by atoms with van der Waals surface area (Å²) in [6.45, 7) is 2.58. The van der Waals surface area contributed by atoms with Crippen molar-refractivity contribution >= 4 is 69.8 Å². The van der Waals surface area contributed by atoms with Crippen LogP contribution in [-0.4, -0.2) is 63.7 Å². The van der Waals surface area contributed by atoms with Crippen molar-refractivity contribution in [3.63, 3.8) is 0 Å². The Labute approximate surface area is 250 Å². The van der Waals surface area contributed by atoms with Crippen molar-refractivity contribution in [2.75, 3.05) is 24.2 Å². The Balaban J connectivity index is 1.21. The molecule has 0 unspecified atom stereocenters. The van der Waals surface area contributed by atoms with Gasteiger partial charge in [0.05, 0.1) is 34.0 Å². The summed E-state index contributed by atoms with van der Waals surface area (Å²) in [6.07, 6.45) is 1.31. The number of thioether (sulfide) groups is 1. The summed E-state index contributed by atoms with van der Waals surface area (Å²) < 4.78 is 0.763. The Morgan fingerprint density at radius 1 is 1.15 bits per heavy atom. The number of carboxylic acid groups (broad SMARTS) is 1. The normalized spacial score (nSPS) is 15.0. The molecule has 3 aromatic rings. The van der Waals surface area contributed by atoms with Crippen LogP contribution in [0.1, 0.15) is 24.8 Å². The fourth-order valence-electron chi connectivity index (χ4n) is 4.26. The van der Waals surface area contributed by atoms with Gasteiger partial charge in [-0.05, 0) is 42.7 Å². The van der Waals surface area contributed by atoms with Gasteiger partial charge in [-0.25, -0.2) is 4.98 Å². The molecule has 1 aliphatic rings. The first-order valence-electron chi connectivity index (χ1n) is 12.6. The molecule has 0 spiro atoms. The van der Waals surface area contributed by atoms with E-state index in [-0.39, 0.29) is 17.7 Å². The van der Waals surface area contributed by atoms with Crippen LogP contribution >= 0.6 is 46.3 Å². The lowest BCUT2D eigenvalue weighted by molar-refractivity contribution is -0.138. The van der Waals surface area contributed by atoms with Crippen molar-refractivity contribution in [3.05, 3.63) is 63.5 Å². The van der Waals surface area contributed by atoms with E-state index in [0.29, 0.717) is 21.4 Å². The van der Waals surface area contributed by atoms with Gasteiger partial charge in [-0.15, -0.1) is 11.3 Å². The molecule has 2 aromatic carbocycles. The highest BCUT2D eigenvalue weighted by atomic mass is 35.5. The maximum absolute atomic E-state index is 12.6. The number of halogens is 2. The molecule has 1 saturated heterocycles. The highest BCUT2D eigenvalue weighted by Crippen LogP contribution is 2.30. The Bertz CT molecular complexity index is 1360. The Hall–Kier alpha value is -2.67. The van der Waals surface area contributed by atoms with Crippen molar-refractivity contribution in [3.8, 4) is 11.3 Å². The molecule has 4 rings (SSSR count). The number of likely N-dealkylation sites (tertiary alicyclic amines) is 1. The zero-order valence-corrected chi connectivity index (χ0v) is 24.6. The third-order valence-electron chi connectivity index (χ3n) is 6.31. The molecule has 0 saturated carbocycles. The van der Waals surface area contributed by atoms with Gasteiger partial charge in [-0.2, -0.15) is 0 Å². The number of thiazole rings is 1. The Morgan fingerprint density at radius 3 is 2.65 bits per heavy atom. The molecule has 1 fully saturated rings. The number of rotatable bonds is 11. The lowest BCUT2D eigenvalue weighted by Gasteiger charge is -2.32. The minimum atomic E-state index is -1.14. The van der Waals surface area contributed by atoms with Crippen molar-refractivity contribution in [1.82, 2.24) is 15.2 Å². The van der Waals surface area contributed by atoms with Gasteiger partial charge in [0, 0.05) is 42.3 Å². The first-order valence-corrected chi connectivity index (χ1v) is 15.2. The van der Waals surface area contributed by atoms with Gasteiger partial charge < -0.3 is 21.5 Å². The van der Waals surface area contributed by atoms with Crippen LogP contribution in [-0.2, 0) is 20.9 Å². The molecule has 0 bridgehead atoms. The van der Waals surface area contributed by atoms with Gasteiger partial charge in [0.15, 0.2) is 4.34 Å². The molecule has 1 atom stereocenters. The number of amides is 2. The molecule has 1 aromatic heterocycles. The van der Waals surface area contributed by atoms with Gasteiger partial charge in [-0.3, -0.25) is 19.3 Å². The number of hydrogen-bond acceptors (Lipinski definition) is 8. The third-order valence-corrected chi connectivity index (χ3v) is 9.07. The van der Waals surface area contributed by atoms with Crippen LogP contribution in [0.5, 0.6) is 0 Å². The molecule has 212 valence electrons. The van der Waals surface area contributed by atoms with E-state index in [9.17, 15) is 14.4 Å². The first kappa shape index (κ1) is 30.3. The minimum absolute atomic E-state index is 0.0212. The van der Waals surface area contributed by atoms with Gasteiger partial charge >= 0.3 is 5.97 Å². The number of aliphatic carboxylic acids is 1. The quantitative estimate of drug-likeness (QED) is 0.225. The van der Waals surface area contributed by atoms with Gasteiger partial charge in [0.2, 0.25) is 11.8 Å². The van der Waals surface area contributed by atoms with Crippen LogP contribution in [0.2, 0.25) is 10.0 Å². The van der Waals surface area contributed by atoms with Gasteiger partial charge in [0.1, 0.15) is 0 Å². The average molecular weight is 623 g/mol. The van der Waals surface area contributed by atoms with E-state index in [1.807, 2.05) is 29.6 Å². The fourth-order valence-corrected chi connectivity index (χ4v) is 6.22. The summed E-state index contributed by atoms with van der Waals surface area (Å²) in [6, 6.07) is 11.8. The van der Waals surface area contributed by atoms with E-state index in [0.717, 1.165) is 47.9 Å². The topological polar surface area (TPSA) is 138 Å². The fraction of sp³-hybridized carbons (Fsp3) is 0.333. The van der Waals surface area contributed by atoms with Gasteiger partial charge in [0.25, 0.3) is 0 Å². The molecule has 0 aliphatic carbocycles. The van der Waals surface area contributed by atoms with E-state index in [2.05, 4.69) is 20.5 Å². The maximum atomic E-state index is 12.6. The number of carboxylic acids is 1. The minimum Gasteiger partial charge on any atom is -0.481 e. The van der Waals surface area contributed by atoms with Crippen molar-refractivity contribution in [2.24, 2.45) is 5.73 Å². The second-order valence-corrected chi connectivity index (χ2v) is 12.3. The standard InChI is InChI=1S/C27H29Cl2N5O4S2/c28-20-5-4-16(10-21(20)29)13-34-8-6-18(7-9-34)31-24(35)15-40-27-33-23(14-39-27)17-2-1-3-19(11-17)32-26(38)22(30)12-25(36)37/h1-5,10-11,14,18,22H,6-9,12-13,15,30H2,(H,31,35)(H,32,38)(H,36,37)/t22-/m0/s1. The van der Waals surface area contributed by atoms with E-state index in [4.69, 9.17) is 34.0 Å². The number of carbonyl (C=O) groups is 3. The van der Waals surface area contributed by atoms with Crippen LogP contribution in [0.15, 0.2) is 52.2 Å². The largest absolute Gasteiger partial charge is 0.481 e. The molecule has 1 aliphatic heterocycles. The van der Waals surface area contributed by atoms with E-state index in [1.54, 1.807) is 18.2 Å². The molecular formula is C27H29Cl2N5O4S2. The number of nitrogens with zero attached hydrogens (tertiary/aromatic N) is 2. The summed E-state index contributed by atoms with van der Waals surface area (Å²) in [4.78, 5) is 42.5. The van der Waals surface area contributed by atoms with Crippen LogP contribution < -0.4 is 16.4 Å². The summed E-state index contributed by atoms with van der Waals surface area (Å²) >= 11 is 15.0. The van der Waals surface area contributed by atoms with E-state index in [1.165, 1.54) is 23.1 Å². The van der Waals surface area contributed by atoms with Gasteiger partial charge in [-0.1, -0.05) is 53.2 Å². The van der Waals surface area contributed by atoms with Crippen molar-refractivity contribution in [2.45, 2.75) is 42.2 Å². The predicted molar refractivity (Wildman–Crippen MR) is 160 cm³/mol. The molecule has 13 heteroatoms. The number of anilines is 1. The Kier molecular flexibility index (Phi) is 10.8. The summed E-state index contributed by atoms with van der Waals surface area (Å²) in [5.74, 6) is -1.46. The number of nitrogens with two attached hydrogens (primary N) is 1. The summed E-state index contributed by atoms with van der Waals surface area (Å²) in [5, 5.41) is 17.6. The van der Waals surface area contributed by atoms with E-state index >= 15 is 0 Å². The SMILES string of the molecule is N[C@@H](CC(=O)O)C(=O)Nc1cccc(-c2csc(SCC(=O)NC3CCN(Cc4ccc(Cl)c(Cl)c4)CC3)n2)c1. The first-order chi connectivity index (χ1) is 19.2. The number of aromatic nitrogens is 1. The highest BCUT2D eigenvalue weighted by molar-refractivity contribution is 8.01. The second-order valence-electron chi connectivity index (χ2n) is 9.43. The predicted octanol–water partition coefficient (Wildman–Crippen LogP) is 4.73.